The van der Waals surface area contributed by atoms with E-state index in [-0.39, 0.29) is 80.2 Å². The number of nitriles is 1. The van der Waals surface area contributed by atoms with Crippen molar-refractivity contribution in [2.45, 2.75) is 83.2 Å². The maximum atomic E-state index is 14.7. The monoisotopic (exact) mass is 956 g/mol. The third kappa shape index (κ3) is 12.9. The molecule has 20 heteroatoms. The van der Waals surface area contributed by atoms with Gasteiger partial charge in [0.25, 0.3) is 5.91 Å². The van der Waals surface area contributed by atoms with Gasteiger partial charge in [-0.1, -0.05) is 57.2 Å². The SMILES string of the molecule is Cc1nc(-c2ccc(C(C)(C)C)cc2)c(C(F)(F)F)cc1C(=O)NC(CCN)C(=O)N(C)[C@@H]1C(=O)N[C@@H](C)C(=O)N[C@H](C(=O)NCC#N)Cc2ccc(OCCN)c(c2)-c2cc1ccc2OCCN. The van der Waals surface area contributed by atoms with E-state index in [0.29, 0.717) is 34.3 Å². The van der Waals surface area contributed by atoms with Crippen LogP contribution in [-0.2, 0) is 37.2 Å². The highest BCUT2D eigenvalue weighted by Gasteiger charge is 2.39. The number of carbonyl (C=O) groups is 5. The minimum Gasteiger partial charge on any atom is -0.492 e. The average molecular weight is 957 g/mol. The second kappa shape index (κ2) is 22.8. The van der Waals surface area contributed by atoms with Crippen LogP contribution in [0.3, 0.4) is 0 Å². The van der Waals surface area contributed by atoms with Gasteiger partial charge < -0.3 is 52.8 Å². The summed E-state index contributed by atoms with van der Waals surface area (Å²) in [5, 5.41) is 19.4. The zero-order valence-corrected chi connectivity index (χ0v) is 39.4. The van der Waals surface area contributed by atoms with Gasteiger partial charge in [0.1, 0.15) is 55.4 Å². The van der Waals surface area contributed by atoms with Crippen molar-refractivity contribution in [2.75, 3.05) is 46.4 Å². The molecule has 0 saturated heterocycles. The van der Waals surface area contributed by atoms with E-state index >= 15 is 0 Å². The van der Waals surface area contributed by atoms with Crippen molar-refractivity contribution in [1.29, 1.82) is 5.26 Å². The number of carbonyl (C=O) groups excluding carboxylic acids is 5. The number of fused-ring (bicyclic) bond motifs is 5. The summed E-state index contributed by atoms with van der Waals surface area (Å²) in [5.74, 6) is -3.61. The maximum Gasteiger partial charge on any atom is 0.418 e. The number of halogens is 3. The number of hydrogen-bond donors (Lipinski definition) is 7. The Morgan fingerprint density at radius 1 is 0.899 bits per heavy atom. The number of likely N-dealkylation sites (N-methyl/N-ethyl adjacent to an activating group) is 1. The zero-order valence-electron chi connectivity index (χ0n) is 39.4. The fraction of sp³-hybridized carbons (Fsp3) is 0.408. The van der Waals surface area contributed by atoms with Crippen LogP contribution in [0, 0.1) is 18.3 Å². The van der Waals surface area contributed by atoms with Gasteiger partial charge in [0.15, 0.2) is 0 Å². The normalized spacial score (nSPS) is 16.7. The van der Waals surface area contributed by atoms with Crippen LogP contribution in [0.15, 0.2) is 66.7 Å². The number of aromatic nitrogens is 1. The first-order valence-electron chi connectivity index (χ1n) is 22.3. The number of nitrogens with zero attached hydrogens (tertiary/aromatic N) is 3. The van der Waals surface area contributed by atoms with E-state index in [2.05, 4.69) is 26.3 Å². The Hall–Kier alpha value is -7.08. The number of benzene rings is 3. The molecule has 5 rings (SSSR count). The summed E-state index contributed by atoms with van der Waals surface area (Å²) in [6.07, 6.45) is -5.19. The lowest BCUT2D eigenvalue weighted by atomic mass is 9.86. The molecule has 69 heavy (non-hydrogen) atoms. The quantitative estimate of drug-likeness (QED) is 0.0844. The van der Waals surface area contributed by atoms with E-state index in [1.165, 1.54) is 27.0 Å². The largest absolute Gasteiger partial charge is 0.492 e. The summed E-state index contributed by atoms with van der Waals surface area (Å²) in [5.41, 5.74) is 17.9. The molecule has 4 atom stereocenters. The maximum absolute atomic E-state index is 14.7. The number of aryl methyl sites for hydroxylation is 1. The molecule has 0 aliphatic carbocycles. The lowest BCUT2D eigenvalue weighted by molar-refractivity contribution is -0.141. The van der Waals surface area contributed by atoms with Crippen molar-refractivity contribution in [1.82, 2.24) is 31.2 Å². The van der Waals surface area contributed by atoms with Gasteiger partial charge in [-0.05, 0) is 79.3 Å². The summed E-state index contributed by atoms with van der Waals surface area (Å²) in [4.78, 5) is 75.7. The molecule has 0 saturated carbocycles. The predicted octanol–water partition coefficient (Wildman–Crippen LogP) is 3.55. The van der Waals surface area contributed by atoms with Crippen molar-refractivity contribution in [3.63, 3.8) is 0 Å². The van der Waals surface area contributed by atoms with Gasteiger partial charge in [-0.15, -0.1) is 0 Å². The molecular weight excluding hydrogens is 898 g/mol. The number of hydrogen-bond acceptors (Lipinski definition) is 12. The highest BCUT2D eigenvalue weighted by atomic mass is 19.4. The molecule has 2 heterocycles. The van der Waals surface area contributed by atoms with Gasteiger partial charge in [-0.3, -0.25) is 29.0 Å². The molecule has 10 N–H and O–H groups in total. The molecule has 1 aliphatic heterocycles. The summed E-state index contributed by atoms with van der Waals surface area (Å²) >= 11 is 0. The fourth-order valence-electron chi connectivity index (χ4n) is 7.76. The number of nitrogens with two attached hydrogens (primary N) is 3. The van der Waals surface area contributed by atoms with Crippen LogP contribution < -0.4 is 47.9 Å². The molecule has 4 aromatic rings. The lowest BCUT2D eigenvalue weighted by Gasteiger charge is -2.32. The first kappa shape index (κ1) is 52.9. The van der Waals surface area contributed by atoms with Gasteiger partial charge in [-0.25, -0.2) is 0 Å². The molecule has 368 valence electrons. The third-order valence-electron chi connectivity index (χ3n) is 11.4. The molecule has 4 bridgehead atoms. The molecule has 1 aliphatic rings. The standard InChI is InChI=1S/C49H59F3N10O7/c1-27-33(26-36(49(50,51)52)41(58-27)30-8-11-32(12-9-30)48(3,4)5)44(64)60-37(15-16-53)47(67)62(6)42-31-10-14-40(69-22-19-56)35(25-31)34-23-29(7-13-39(34)68-21-18-55)24-38(45(65)57-20-17-54)61-43(63)28(2)59-46(42)66/h7-14,23,25-26,28,37-38,42H,15-16,18-22,24,53,55-56H2,1-6H3,(H,57,65)(H,59,66)(H,60,64)(H,61,63)/t28-,37?,38-,42-/m0/s1. The van der Waals surface area contributed by atoms with E-state index in [1.54, 1.807) is 54.6 Å². The summed E-state index contributed by atoms with van der Waals surface area (Å²) in [6, 6.07) is 13.2. The summed E-state index contributed by atoms with van der Waals surface area (Å²) in [6.45, 7) is 8.60. The third-order valence-corrected chi connectivity index (χ3v) is 11.4. The smallest absolute Gasteiger partial charge is 0.418 e. The number of ether oxygens (including phenoxy) is 2. The van der Waals surface area contributed by atoms with Crippen LogP contribution in [0.4, 0.5) is 13.2 Å². The first-order chi connectivity index (χ1) is 32.6. The predicted molar refractivity (Wildman–Crippen MR) is 251 cm³/mol. The lowest BCUT2D eigenvalue weighted by Crippen LogP contribution is -2.56. The second-order valence-corrected chi connectivity index (χ2v) is 17.5. The van der Waals surface area contributed by atoms with E-state index in [4.69, 9.17) is 31.9 Å². The Bertz CT molecular complexity index is 2580. The summed E-state index contributed by atoms with van der Waals surface area (Å²) in [7, 11) is 1.29. The minimum absolute atomic E-state index is 0.0477. The van der Waals surface area contributed by atoms with Crippen molar-refractivity contribution in [2.24, 2.45) is 17.2 Å². The first-order valence-corrected chi connectivity index (χ1v) is 22.3. The number of amides is 5. The van der Waals surface area contributed by atoms with Crippen molar-refractivity contribution >= 4 is 29.5 Å². The van der Waals surface area contributed by atoms with Crippen LogP contribution in [0.1, 0.15) is 78.5 Å². The Morgan fingerprint density at radius 2 is 1.52 bits per heavy atom. The Kier molecular flexibility index (Phi) is 17.5. The molecule has 1 unspecified atom stereocenters. The van der Waals surface area contributed by atoms with Crippen LogP contribution in [0.5, 0.6) is 11.5 Å². The van der Waals surface area contributed by atoms with Crippen molar-refractivity contribution in [3.8, 4) is 40.0 Å². The topological polar surface area (TPSA) is 270 Å². The molecule has 17 nitrogen and oxygen atoms in total. The second-order valence-electron chi connectivity index (χ2n) is 17.5. The number of pyridine rings is 1. The molecule has 5 amide bonds. The minimum atomic E-state index is -4.93. The van der Waals surface area contributed by atoms with Gasteiger partial charge in [0.05, 0.1) is 28.6 Å². The average Bonchev–Trinajstić information content (AvgIpc) is 3.30. The highest BCUT2D eigenvalue weighted by molar-refractivity contribution is 6.00. The van der Waals surface area contributed by atoms with Crippen LogP contribution >= 0.6 is 0 Å². The van der Waals surface area contributed by atoms with Crippen LogP contribution in [0.2, 0.25) is 0 Å². The van der Waals surface area contributed by atoms with Crippen LogP contribution in [-0.4, -0.2) is 104 Å². The van der Waals surface area contributed by atoms with Crippen molar-refractivity contribution in [3.05, 3.63) is 100 Å². The van der Waals surface area contributed by atoms with E-state index in [9.17, 15) is 37.1 Å². The number of alkyl halides is 3. The molecular formula is C49H59F3N10O7. The Labute approximate surface area is 398 Å². The Morgan fingerprint density at radius 3 is 2.10 bits per heavy atom. The molecule has 1 aromatic heterocycles. The Balaban J connectivity index is 1.60. The molecule has 0 radical (unpaired) electrons. The van der Waals surface area contributed by atoms with Gasteiger partial charge in [-0.2, -0.15) is 18.4 Å². The number of rotatable bonds is 15. The molecule has 0 fully saturated rings. The summed E-state index contributed by atoms with van der Waals surface area (Å²) < 4.78 is 56.3. The van der Waals surface area contributed by atoms with Crippen LogP contribution in [0.25, 0.3) is 22.4 Å². The fourth-order valence-corrected chi connectivity index (χ4v) is 7.76. The zero-order chi connectivity index (χ0) is 50.8. The van der Waals surface area contributed by atoms with Gasteiger partial charge in [0, 0.05) is 43.2 Å². The van der Waals surface area contributed by atoms with Crippen molar-refractivity contribution < 1.29 is 46.6 Å². The highest BCUT2D eigenvalue weighted by Crippen LogP contribution is 2.41. The van der Waals surface area contributed by atoms with E-state index in [0.717, 1.165) is 10.5 Å². The molecule has 3 aromatic carbocycles. The number of nitrogens with one attached hydrogen (secondary N) is 4. The van der Waals surface area contributed by atoms with E-state index < -0.39 is 71.0 Å². The van der Waals surface area contributed by atoms with E-state index in [1.807, 2.05) is 26.8 Å². The molecule has 0 spiro atoms. The van der Waals surface area contributed by atoms with Gasteiger partial charge in [0.2, 0.25) is 23.6 Å². The van der Waals surface area contributed by atoms with Gasteiger partial charge >= 0.3 is 6.18 Å².